The van der Waals surface area contributed by atoms with Crippen molar-refractivity contribution in [3.63, 3.8) is 0 Å². The number of hydrogen-bond donors (Lipinski definition) is 1. The zero-order chi connectivity index (χ0) is 11.8. The lowest BCUT2D eigenvalue weighted by molar-refractivity contribution is -0.0924. The molecule has 1 heterocycles. The van der Waals surface area contributed by atoms with Gasteiger partial charge in [0.2, 0.25) is 0 Å². The van der Waals surface area contributed by atoms with Crippen LogP contribution in [0.25, 0.3) is 0 Å². The van der Waals surface area contributed by atoms with Crippen LogP contribution in [0.2, 0.25) is 0 Å². The van der Waals surface area contributed by atoms with Crippen LogP contribution in [0.4, 0.5) is 14.5 Å². The second-order valence-corrected chi connectivity index (χ2v) is 5.26. The smallest absolute Gasteiger partial charge is 0.147 e. The summed E-state index contributed by atoms with van der Waals surface area (Å²) >= 11 is 2.93. The first-order valence-electron chi connectivity index (χ1n) is 4.96. The van der Waals surface area contributed by atoms with Gasteiger partial charge in [-0.15, -0.1) is 0 Å². The molecule has 0 radical (unpaired) electrons. The summed E-state index contributed by atoms with van der Waals surface area (Å²) in [4.78, 5) is 0. The van der Waals surface area contributed by atoms with Gasteiger partial charge in [0.05, 0.1) is 23.4 Å². The second-order valence-electron chi connectivity index (χ2n) is 4.40. The molecule has 88 valence electrons. The molecule has 1 aromatic carbocycles. The van der Waals surface area contributed by atoms with E-state index >= 15 is 0 Å². The summed E-state index contributed by atoms with van der Waals surface area (Å²) in [5.41, 5.74) is 0.213. The highest BCUT2D eigenvalue weighted by molar-refractivity contribution is 9.10. The van der Waals surface area contributed by atoms with Crippen molar-refractivity contribution in [2.75, 3.05) is 25.1 Å². The summed E-state index contributed by atoms with van der Waals surface area (Å²) in [7, 11) is 0. The molecule has 0 aliphatic carbocycles. The summed E-state index contributed by atoms with van der Waals surface area (Å²) in [6.07, 6.45) is 0. The first kappa shape index (κ1) is 11.8. The van der Waals surface area contributed by atoms with Crippen molar-refractivity contribution < 1.29 is 13.5 Å². The van der Waals surface area contributed by atoms with Crippen LogP contribution in [0.15, 0.2) is 16.6 Å². The SMILES string of the molecule is CC1(CNc2cc(F)c(Br)cc2F)COC1. The van der Waals surface area contributed by atoms with Crippen LogP contribution in [-0.2, 0) is 4.74 Å². The quantitative estimate of drug-likeness (QED) is 0.864. The minimum absolute atomic E-state index is 0.0238. The third-order valence-corrected chi connectivity index (χ3v) is 3.22. The molecule has 0 atom stereocenters. The third kappa shape index (κ3) is 2.35. The van der Waals surface area contributed by atoms with Crippen LogP contribution in [0.5, 0.6) is 0 Å². The molecule has 0 unspecified atom stereocenters. The van der Waals surface area contributed by atoms with E-state index in [4.69, 9.17) is 4.74 Å². The molecule has 0 aromatic heterocycles. The summed E-state index contributed by atoms with van der Waals surface area (Å²) in [5.74, 6) is -0.934. The highest BCUT2D eigenvalue weighted by Crippen LogP contribution is 2.28. The minimum Gasteiger partial charge on any atom is -0.382 e. The predicted molar refractivity (Wildman–Crippen MR) is 61.5 cm³/mol. The predicted octanol–water partition coefficient (Wildman–Crippen LogP) is 3.18. The Morgan fingerprint density at radius 1 is 1.38 bits per heavy atom. The Hall–Kier alpha value is -0.680. The number of ether oxygens (including phenoxy) is 1. The van der Waals surface area contributed by atoms with E-state index in [9.17, 15) is 8.78 Å². The lowest BCUT2D eigenvalue weighted by Gasteiger charge is -2.38. The number of hydrogen-bond acceptors (Lipinski definition) is 2. The van der Waals surface area contributed by atoms with E-state index in [1.54, 1.807) is 0 Å². The molecule has 2 nitrogen and oxygen atoms in total. The zero-order valence-electron chi connectivity index (χ0n) is 8.82. The molecule has 16 heavy (non-hydrogen) atoms. The van der Waals surface area contributed by atoms with Crippen LogP contribution in [-0.4, -0.2) is 19.8 Å². The van der Waals surface area contributed by atoms with Crippen LogP contribution in [0, 0.1) is 17.0 Å². The maximum Gasteiger partial charge on any atom is 0.147 e. The van der Waals surface area contributed by atoms with Gasteiger partial charge in [-0.05, 0) is 22.0 Å². The average molecular weight is 292 g/mol. The van der Waals surface area contributed by atoms with E-state index in [1.165, 1.54) is 0 Å². The maximum atomic E-state index is 13.4. The summed E-state index contributed by atoms with van der Waals surface area (Å²) in [5, 5.41) is 2.91. The van der Waals surface area contributed by atoms with E-state index in [1.807, 2.05) is 6.92 Å². The van der Waals surface area contributed by atoms with Gasteiger partial charge in [0.1, 0.15) is 11.6 Å². The number of nitrogens with one attached hydrogen (secondary N) is 1. The Morgan fingerprint density at radius 3 is 2.62 bits per heavy atom. The fraction of sp³-hybridized carbons (Fsp3) is 0.455. The first-order chi connectivity index (χ1) is 7.50. The fourth-order valence-corrected chi connectivity index (χ4v) is 1.83. The topological polar surface area (TPSA) is 21.3 Å². The number of halogens is 3. The molecular weight excluding hydrogens is 280 g/mol. The molecule has 0 spiro atoms. The maximum absolute atomic E-state index is 13.4. The molecule has 0 saturated carbocycles. The van der Waals surface area contributed by atoms with Crippen molar-refractivity contribution in [2.24, 2.45) is 5.41 Å². The minimum atomic E-state index is -0.473. The molecule has 1 fully saturated rings. The number of rotatable bonds is 3. The van der Waals surface area contributed by atoms with Gasteiger partial charge in [0, 0.05) is 18.0 Å². The molecule has 1 N–H and O–H groups in total. The van der Waals surface area contributed by atoms with Crippen LogP contribution >= 0.6 is 15.9 Å². The first-order valence-corrected chi connectivity index (χ1v) is 5.76. The van der Waals surface area contributed by atoms with E-state index in [0.29, 0.717) is 19.8 Å². The van der Waals surface area contributed by atoms with Gasteiger partial charge in [0.25, 0.3) is 0 Å². The molecule has 1 aliphatic rings. The Morgan fingerprint density at radius 2 is 2.06 bits per heavy atom. The van der Waals surface area contributed by atoms with E-state index in [2.05, 4.69) is 21.2 Å². The molecule has 1 aliphatic heterocycles. The molecule has 1 aromatic rings. The van der Waals surface area contributed by atoms with Crippen molar-refractivity contribution in [1.29, 1.82) is 0 Å². The summed E-state index contributed by atoms with van der Waals surface area (Å²) in [6, 6.07) is 2.28. The van der Waals surface area contributed by atoms with Crippen molar-refractivity contribution >= 4 is 21.6 Å². The van der Waals surface area contributed by atoms with Gasteiger partial charge in [-0.2, -0.15) is 0 Å². The van der Waals surface area contributed by atoms with Crippen LogP contribution in [0.3, 0.4) is 0 Å². The fourth-order valence-electron chi connectivity index (χ4n) is 1.52. The lowest BCUT2D eigenvalue weighted by Crippen LogP contribution is -2.45. The van der Waals surface area contributed by atoms with Crippen LogP contribution < -0.4 is 5.32 Å². The highest BCUT2D eigenvalue weighted by Gasteiger charge is 2.33. The zero-order valence-corrected chi connectivity index (χ0v) is 10.4. The van der Waals surface area contributed by atoms with Gasteiger partial charge < -0.3 is 10.1 Å². The van der Waals surface area contributed by atoms with E-state index in [0.717, 1.165) is 12.1 Å². The normalized spacial score (nSPS) is 18.0. The molecule has 5 heteroatoms. The van der Waals surface area contributed by atoms with Crippen molar-refractivity contribution in [1.82, 2.24) is 0 Å². The van der Waals surface area contributed by atoms with Crippen molar-refractivity contribution in [2.45, 2.75) is 6.92 Å². The van der Waals surface area contributed by atoms with Gasteiger partial charge in [-0.25, -0.2) is 8.78 Å². The van der Waals surface area contributed by atoms with Crippen LogP contribution in [0.1, 0.15) is 6.92 Å². The van der Waals surface area contributed by atoms with E-state index in [-0.39, 0.29) is 15.6 Å². The van der Waals surface area contributed by atoms with Gasteiger partial charge >= 0.3 is 0 Å². The second kappa shape index (κ2) is 4.30. The molecule has 0 bridgehead atoms. The molecule has 2 rings (SSSR count). The molecule has 1 saturated heterocycles. The van der Waals surface area contributed by atoms with Gasteiger partial charge in [0.15, 0.2) is 0 Å². The number of anilines is 1. The standard InChI is InChI=1S/C11H12BrF2NO/c1-11(5-16-6-11)4-15-10-3-8(13)7(12)2-9(10)14/h2-3,15H,4-6H2,1H3. The summed E-state index contributed by atoms with van der Waals surface area (Å²) in [6.45, 7) is 3.92. The Kier molecular flexibility index (Phi) is 3.17. The lowest BCUT2D eigenvalue weighted by atomic mass is 9.89. The monoisotopic (exact) mass is 291 g/mol. The Balaban J connectivity index is 2.06. The average Bonchev–Trinajstić information content (AvgIpc) is 2.19. The van der Waals surface area contributed by atoms with Gasteiger partial charge in [-0.3, -0.25) is 0 Å². The van der Waals surface area contributed by atoms with Crippen molar-refractivity contribution in [3.8, 4) is 0 Å². The summed E-state index contributed by atoms with van der Waals surface area (Å²) < 4.78 is 31.9. The highest BCUT2D eigenvalue weighted by atomic mass is 79.9. The molecular formula is C11H12BrF2NO. The number of benzene rings is 1. The Bertz CT molecular complexity index is 407. The van der Waals surface area contributed by atoms with E-state index < -0.39 is 11.6 Å². The van der Waals surface area contributed by atoms with Gasteiger partial charge in [-0.1, -0.05) is 6.92 Å². The van der Waals surface area contributed by atoms with Crippen molar-refractivity contribution in [3.05, 3.63) is 28.2 Å². The third-order valence-electron chi connectivity index (χ3n) is 2.62. The molecule has 0 amide bonds. The largest absolute Gasteiger partial charge is 0.382 e. The Labute approximate surface area is 101 Å².